The molecule has 0 aromatic heterocycles. The van der Waals surface area contributed by atoms with Gasteiger partial charge in [-0.2, -0.15) is 0 Å². The first kappa shape index (κ1) is 13.9. The number of allylic oxidation sites excluding steroid dienone is 3. The van der Waals surface area contributed by atoms with Crippen LogP contribution in [0.2, 0.25) is 0 Å². The highest BCUT2D eigenvalue weighted by molar-refractivity contribution is 5.51. The second-order valence-corrected chi connectivity index (χ2v) is 5.73. The number of hydrogen-bond donors (Lipinski definition) is 0. The Morgan fingerprint density at radius 2 is 1.62 bits per heavy atom. The van der Waals surface area contributed by atoms with E-state index < -0.39 is 0 Å². The first-order valence-corrected chi connectivity index (χ1v) is 7.88. The van der Waals surface area contributed by atoms with Crippen LogP contribution in [0.25, 0.3) is 6.08 Å². The van der Waals surface area contributed by atoms with E-state index in [0.717, 1.165) is 0 Å². The molecule has 0 nitrogen and oxygen atoms in total. The maximum atomic E-state index is 2.41. The third kappa shape index (κ3) is 3.72. The van der Waals surface area contributed by atoms with Crippen LogP contribution in [0.15, 0.2) is 78.9 Å². The molecule has 3 rings (SSSR count). The molecular formula is C21H22. The maximum absolute atomic E-state index is 2.41. The van der Waals surface area contributed by atoms with Gasteiger partial charge in [-0.15, -0.1) is 0 Å². The SMILES string of the molecule is C1=CC(C(/C=C/c2ccccc2)c2ccccc2)CCC1. The van der Waals surface area contributed by atoms with Gasteiger partial charge in [0.15, 0.2) is 0 Å². The summed E-state index contributed by atoms with van der Waals surface area (Å²) in [5.41, 5.74) is 2.69. The zero-order valence-electron chi connectivity index (χ0n) is 12.4. The zero-order valence-corrected chi connectivity index (χ0v) is 12.4. The fourth-order valence-electron chi connectivity index (χ4n) is 3.09. The van der Waals surface area contributed by atoms with Crippen LogP contribution in [0.1, 0.15) is 36.3 Å². The summed E-state index contributed by atoms with van der Waals surface area (Å²) >= 11 is 0. The predicted octanol–water partition coefficient (Wildman–Crippen LogP) is 5.84. The van der Waals surface area contributed by atoms with Crippen molar-refractivity contribution in [3.8, 4) is 0 Å². The van der Waals surface area contributed by atoms with Crippen LogP contribution in [0, 0.1) is 5.92 Å². The van der Waals surface area contributed by atoms with E-state index in [1.54, 1.807) is 0 Å². The van der Waals surface area contributed by atoms with Gasteiger partial charge < -0.3 is 0 Å². The second-order valence-electron chi connectivity index (χ2n) is 5.73. The minimum absolute atomic E-state index is 0.475. The van der Waals surface area contributed by atoms with Crippen molar-refractivity contribution in [3.63, 3.8) is 0 Å². The van der Waals surface area contributed by atoms with E-state index in [2.05, 4.69) is 85.0 Å². The lowest BCUT2D eigenvalue weighted by molar-refractivity contribution is 0.499. The molecule has 0 heterocycles. The quantitative estimate of drug-likeness (QED) is 0.614. The lowest BCUT2D eigenvalue weighted by Gasteiger charge is -2.25. The van der Waals surface area contributed by atoms with Crippen molar-refractivity contribution in [2.75, 3.05) is 0 Å². The third-order valence-electron chi connectivity index (χ3n) is 4.23. The fourth-order valence-corrected chi connectivity index (χ4v) is 3.09. The normalized spacial score (nSPS) is 19.7. The average molecular weight is 274 g/mol. The van der Waals surface area contributed by atoms with Gasteiger partial charge in [-0.3, -0.25) is 0 Å². The molecule has 0 amide bonds. The molecule has 106 valence electrons. The van der Waals surface area contributed by atoms with Gasteiger partial charge in [-0.05, 0) is 36.3 Å². The highest BCUT2D eigenvalue weighted by atomic mass is 14.2. The van der Waals surface area contributed by atoms with Crippen molar-refractivity contribution in [2.24, 2.45) is 5.92 Å². The molecule has 21 heavy (non-hydrogen) atoms. The van der Waals surface area contributed by atoms with Crippen LogP contribution in [0.4, 0.5) is 0 Å². The van der Waals surface area contributed by atoms with E-state index >= 15 is 0 Å². The van der Waals surface area contributed by atoms with E-state index in [4.69, 9.17) is 0 Å². The Kier molecular flexibility index (Phi) is 4.68. The Morgan fingerprint density at radius 1 is 0.905 bits per heavy atom. The topological polar surface area (TPSA) is 0 Å². The van der Waals surface area contributed by atoms with Crippen molar-refractivity contribution in [3.05, 3.63) is 90.0 Å². The molecule has 0 bridgehead atoms. The van der Waals surface area contributed by atoms with Crippen LogP contribution in [-0.2, 0) is 0 Å². The van der Waals surface area contributed by atoms with Gasteiger partial charge in [-0.25, -0.2) is 0 Å². The highest BCUT2D eigenvalue weighted by Crippen LogP contribution is 2.34. The standard InChI is InChI=1S/C21H22/c1-4-10-18(11-5-1)16-17-21(19-12-6-2-7-13-19)20-14-8-3-9-15-20/h1-2,4-8,10-14,16-17,20-21H,3,9,15H2/b17-16+. The Hall–Kier alpha value is -2.08. The largest absolute Gasteiger partial charge is 0.0882 e. The first-order chi connectivity index (χ1) is 10.4. The van der Waals surface area contributed by atoms with Gasteiger partial charge in [0.25, 0.3) is 0 Å². The summed E-state index contributed by atoms with van der Waals surface area (Å²) in [6.07, 6.45) is 13.2. The maximum Gasteiger partial charge on any atom is 0.00841 e. The monoisotopic (exact) mass is 274 g/mol. The van der Waals surface area contributed by atoms with Crippen LogP contribution >= 0.6 is 0 Å². The molecule has 0 heteroatoms. The summed E-state index contributed by atoms with van der Waals surface area (Å²) in [4.78, 5) is 0. The summed E-state index contributed by atoms with van der Waals surface area (Å²) in [6, 6.07) is 21.5. The summed E-state index contributed by atoms with van der Waals surface area (Å²) in [6.45, 7) is 0. The van der Waals surface area contributed by atoms with Crippen molar-refractivity contribution in [2.45, 2.75) is 25.2 Å². The van der Waals surface area contributed by atoms with Crippen molar-refractivity contribution in [1.82, 2.24) is 0 Å². The molecule has 2 aromatic carbocycles. The molecule has 0 N–H and O–H groups in total. The fraction of sp³-hybridized carbons (Fsp3) is 0.238. The minimum atomic E-state index is 0.475. The summed E-state index contributed by atoms with van der Waals surface area (Å²) in [7, 11) is 0. The smallest absolute Gasteiger partial charge is 0.00841 e. The van der Waals surface area contributed by atoms with E-state index in [1.807, 2.05) is 0 Å². The molecular weight excluding hydrogens is 252 g/mol. The lowest BCUT2D eigenvalue weighted by Crippen LogP contribution is -2.11. The first-order valence-electron chi connectivity index (χ1n) is 7.88. The molecule has 2 unspecified atom stereocenters. The van der Waals surface area contributed by atoms with Crippen LogP contribution in [0.5, 0.6) is 0 Å². The predicted molar refractivity (Wildman–Crippen MR) is 91.1 cm³/mol. The van der Waals surface area contributed by atoms with Gasteiger partial charge in [0.1, 0.15) is 0 Å². The Balaban J connectivity index is 1.87. The van der Waals surface area contributed by atoms with E-state index in [0.29, 0.717) is 11.8 Å². The lowest BCUT2D eigenvalue weighted by atomic mass is 9.80. The average Bonchev–Trinajstić information content (AvgIpc) is 2.58. The Bertz CT molecular complexity index is 592. The Morgan fingerprint density at radius 3 is 2.29 bits per heavy atom. The molecule has 1 aliphatic rings. The van der Waals surface area contributed by atoms with Crippen molar-refractivity contribution < 1.29 is 0 Å². The number of benzene rings is 2. The van der Waals surface area contributed by atoms with Crippen molar-refractivity contribution in [1.29, 1.82) is 0 Å². The molecule has 0 spiro atoms. The molecule has 0 saturated heterocycles. The van der Waals surface area contributed by atoms with Gasteiger partial charge in [0.2, 0.25) is 0 Å². The molecule has 0 saturated carbocycles. The molecule has 2 aromatic rings. The number of rotatable bonds is 4. The van der Waals surface area contributed by atoms with Crippen molar-refractivity contribution >= 4 is 6.08 Å². The van der Waals surface area contributed by atoms with Gasteiger partial charge >= 0.3 is 0 Å². The van der Waals surface area contributed by atoms with Crippen LogP contribution in [-0.4, -0.2) is 0 Å². The molecule has 1 aliphatic carbocycles. The molecule has 0 radical (unpaired) electrons. The van der Waals surface area contributed by atoms with Gasteiger partial charge in [0.05, 0.1) is 0 Å². The Labute approximate surface area is 127 Å². The second kappa shape index (κ2) is 7.08. The molecule has 0 aliphatic heterocycles. The highest BCUT2D eigenvalue weighted by Gasteiger charge is 2.19. The van der Waals surface area contributed by atoms with Gasteiger partial charge in [-0.1, -0.05) is 85.0 Å². The summed E-state index contributed by atoms with van der Waals surface area (Å²) in [5, 5.41) is 0. The van der Waals surface area contributed by atoms with Crippen LogP contribution < -0.4 is 0 Å². The van der Waals surface area contributed by atoms with E-state index in [-0.39, 0.29) is 0 Å². The van der Waals surface area contributed by atoms with E-state index in [1.165, 1.54) is 30.4 Å². The third-order valence-corrected chi connectivity index (χ3v) is 4.23. The van der Waals surface area contributed by atoms with Gasteiger partial charge in [0, 0.05) is 5.92 Å². The van der Waals surface area contributed by atoms with E-state index in [9.17, 15) is 0 Å². The zero-order chi connectivity index (χ0) is 14.3. The molecule has 0 fully saturated rings. The minimum Gasteiger partial charge on any atom is -0.0882 e. The van der Waals surface area contributed by atoms with Crippen LogP contribution in [0.3, 0.4) is 0 Å². The summed E-state index contributed by atoms with van der Waals surface area (Å²) < 4.78 is 0. The molecule has 2 atom stereocenters. The summed E-state index contributed by atoms with van der Waals surface area (Å²) in [5.74, 6) is 1.10. The number of hydrogen-bond acceptors (Lipinski definition) is 0.